The largest absolute Gasteiger partial charge is 0.324 e. The fourth-order valence-corrected chi connectivity index (χ4v) is 3.10. The van der Waals surface area contributed by atoms with Crippen molar-refractivity contribution in [2.45, 2.75) is 12.1 Å². The minimum Gasteiger partial charge on any atom is -0.324 e. The number of halogens is 2. The second kappa shape index (κ2) is 6.80. The first-order valence-electron chi connectivity index (χ1n) is 8.31. The van der Waals surface area contributed by atoms with E-state index in [1.807, 2.05) is 0 Å². The first-order valence-corrected chi connectivity index (χ1v) is 8.31. The molecule has 1 fully saturated rings. The molecule has 1 N–H and O–H groups in total. The predicted octanol–water partition coefficient (Wildman–Crippen LogP) is 1.90. The summed E-state index contributed by atoms with van der Waals surface area (Å²) in [6, 6.07) is 9.15. The van der Waals surface area contributed by atoms with Crippen molar-refractivity contribution in [2.24, 2.45) is 10.3 Å². The number of carbonyl (C=O) groups excluding carboxylic acids is 3. The van der Waals surface area contributed by atoms with Gasteiger partial charge in [0, 0.05) is 11.8 Å². The maximum Gasteiger partial charge on any atom is 0.263 e. The number of anilines is 2. The topological polar surface area (TPSA) is 94.4 Å². The monoisotopic (exact) mass is 385 g/mol. The Morgan fingerprint density at radius 3 is 2.50 bits per heavy atom. The maximum absolute atomic E-state index is 13.5. The Balaban J connectivity index is 1.51. The lowest BCUT2D eigenvalue weighted by Gasteiger charge is -2.20. The molecule has 0 spiro atoms. The van der Waals surface area contributed by atoms with Crippen LogP contribution < -0.4 is 10.2 Å². The molecule has 2 unspecified atom stereocenters. The molecule has 10 heteroatoms. The summed E-state index contributed by atoms with van der Waals surface area (Å²) in [7, 11) is 0. The van der Waals surface area contributed by atoms with E-state index in [0.29, 0.717) is 5.69 Å². The summed E-state index contributed by atoms with van der Waals surface area (Å²) in [6.07, 6.45) is 0. The van der Waals surface area contributed by atoms with Gasteiger partial charge in [-0.15, -0.1) is 0 Å². The molecule has 0 bridgehead atoms. The van der Waals surface area contributed by atoms with E-state index < -0.39 is 41.4 Å². The van der Waals surface area contributed by atoms with Crippen LogP contribution in [0.4, 0.5) is 20.2 Å². The molecular weight excluding hydrogens is 372 g/mol. The predicted molar refractivity (Wildman–Crippen MR) is 93.1 cm³/mol. The summed E-state index contributed by atoms with van der Waals surface area (Å²) in [6.45, 7) is -0.301. The first kappa shape index (κ1) is 17.7. The van der Waals surface area contributed by atoms with E-state index in [1.165, 1.54) is 0 Å². The molecule has 28 heavy (non-hydrogen) atoms. The van der Waals surface area contributed by atoms with E-state index in [-0.39, 0.29) is 12.2 Å². The summed E-state index contributed by atoms with van der Waals surface area (Å²) in [5.41, 5.74) is 0.463. The molecule has 0 radical (unpaired) electrons. The van der Waals surface area contributed by atoms with Crippen LogP contribution >= 0.6 is 0 Å². The Hall–Kier alpha value is -3.69. The highest BCUT2D eigenvalue weighted by Crippen LogP contribution is 2.32. The third-order valence-corrected chi connectivity index (χ3v) is 4.38. The fourth-order valence-electron chi connectivity index (χ4n) is 3.10. The van der Waals surface area contributed by atoms with E-state index in [1.54, 1.807) is 30.3 Å². The Bertz CT molecular complexity index is 998. The Labute approximate surface area is 157 Å². The highest BCUT2D eigenvalue weighted by Gasteiger charge is 2.55. The number of nitrogens with zero attached hydrogens (tertiary/aromatic N) is 4. The van der Waals surface area contributed by atoms with Gasteiger partial charge >= 0.3 is 0 Å². The summed E-state index contributed by atoms with van der Waals surface area (Å²) in [5, 5.41) is 11.3. The van der Waals surface area contributed by atoms with E-state index in [0.717, 1.165) is 28.1 Å². The van der Waals surface area contributed by atoms with Gasteiger partial charge in [0.2, 0.25) is 5.91 Å². The van der Waals surface area contributed by atoms with Crippen LogP contribution in [0.25, 0.3) is 0 Å². The lowest BCUT2D eigenvalue weighted by Crippen LogP contribution is -2.43. The van der Waals surface area contributed by atoms with E-state index in [2.05, 4.69) is 15.7 Å². The molecule has 2 heterocycles. The number of para-hydroxylation sites is 1. The maximum atomic E-state index is 13.5. The lowest BCUT2D eigenvalue weighted by molar-refractivity contribution is -0.123. The second-order valence-corrected chi connectivity index (χ2v) is 6.22. The molecule has 2 aliphatic rings. The molecule has 4 rings (SSSR count). The van der Waals surface area contributed by atoms with Crippen molar-refractivity contribution in [3.8, 4) is 0 Å². The molecule has 142 valence electrons. The Kier molecular flexibility index (Phi) is 4.30. The third-order valence-electron chi connectivity index (χ3n) is 4.38. The standard InChI is InChI=1S/C18H13F2N5O3/c19-12-7-6-11(8-13(12)20)25-17(27)15-16(18(25)28)24(23-22-15)9-14(26)21-10-4-2-1-3-5-10/h1-8,15-16H,9H2,(H,21,26). The summed E-state index contributed by atoms with van der Waals surface area (Å²) in [5.74, 6) is -4.15. The SMILES string of the molecule is O=C(CN1N=NC2C(=O)N(c3ccc(F)c(F)c3)C(=O)C21)Nc1ccccc1. The quantitative estimate of drug-likeness (QED) is 0.814. The molecule has 1 saturated heterocycles. The smallest absolute Gasteiger partial charge is 0.263 e. The van der Waals surface area contributed by atoms with Gasteiger partial charge in [-0.1, -0.05) is 23.4 Å². The zero-order valence-electron chi connectivity index (χ0n) is 14.3. The van der Waals surface area contributed by atoms with Gasteiger partial charge in [-0.3, -0.25) is 19.4 Å². The van der Waals surface area contributed by atoms with Gasteiger partial charge in [0.1, 0.15) is 6.54 Å². The van der Waals surface area contributed by atoms with Crippen LogP contribution in [0.5, 0.6) is 0 Å². The van der Waals surface area contributed by atoms with Crippen LogP contribution in [0.2, 0.25) is 0 Å². The van der Waals surface area contributed by atoms with Gasteiger partial charge in [-0.25, -0.2) is 13.7 Å². The Morgan fingerprint density at radius 2 is 1.79 bits per heavy atom. The molecular formula is C18H13F2N5O3. The highest BCUT2D eigenvalue weighted by atomic mass is 19.2. The highest BCUT2D eigenvalue weighted by molar-refractivity contribution is 6.25. The van der Waals surface area contributed by atoms with Crippen molar-refractivity contribution in [1.82, 2.24) is 5.01 Å². The fraction of sp³-hybridized carbons (Fsp3) is 0.167. The van der Waals surface area contributed by atoms with Gasteiger partial charge in [-0.05, 0) is 24.3 Å². The number of carbonyl (C=O) groups is 3. The average Bonchev–Trinajstić information content (AvgIpc) is 3.18. The van der Waals surface area contributed by atoms with Crippen molar-refractivity contribution in [3.05, 3.63) is 60.2 Å². The average molecular weight is 385 g/mol. The van der Waals surface area contributed by atoms with Crippen LogP contribution in [0.15, 0.2) is 58.9 Å². The summed E-state index contributed by atoms with van der Waals surface area (Å²) < 4.78 is 26.6. The van der Waals surface area contributed by atoms with Crippen molar-refractivity contribution >= 4 is 29.1 Å². The van der Waals surface area contributed by atoms with Crippen LogP contribution in [0, 0.1) is 11.6 Å². The number of benzene rings is 2. The van der Waals surface area contributed by atoms with Crippen LogP contribution in [0.3, 0.4) is 0 Å². The van der Waals surface area contributed by atoms with Gasteiger partial charge in [-0.2, -0.15) is 5.11 Å². The zero-order valence-corrected chi connectivity index (χ0v) is 14.3. The molecule has 0 saturated carbocycles. The van der Waals surface area contributed by atoms with Crippen molar-refractivity contribution < 1.29 is 23.2 Å². The van der Waals surface area contributed by atoms with Crippen molar-refractivity contribution in [2.75, 3.05) is 16.8 Å². The number of rotatable bonds is 4. The molecule has 2 aliphatic heterocycles. The van der Waals surface area contributed by atoms with Gasteiger partial charge in [0.05, 0.1) is 5.69 Å². The number of hydrogen-bond donors (Lipinski definition) is 1. The minimum atomic E-state index is -1.18. The molecule has 2 aromatic rings. The summed E-state index contributed by atoms with van der Waals surface area (Å²) in [4.78, 5) is 38.2. The zero-order chi connectivity index (χ0) is 19.8. The molecule has 2 atom stereocenters. The number of amides is 3. The first-order chi connectivity index (χ1) is 13.5. The van der Waals surface area contributed by atoms with Gasteiger partial charge in [0.25, 0.3) is 11.8 Å². The van der Waals surface area contributed by atoms with Crippen molar-refractivity contribution in [3.63, 3.8) is 0 Å². The van der Waals surface area contributed by atoms with Crippen LogP contribution in [0.1, 0.15) is 0 Å². The third kappa shape index (κ3) is 2.98. The Morgan fingerprint density at radius 1 is 1.04 bits per heavy atom. The number of hydrogen-bond acceptors (Lipinski definition) is 6. The van der Waals surface area contributed by atoms with Crippen LogP contribution in [-0.2, 0) is 14.4 Å². The van der Waals surface area contributed by atoms with Crippen molar-refractivity contribution in [1.29, 1.82) is 0 Å². The number of imide groups is 1. The number of fused-ring (bicyclic) bond motifs is 1. The molecule has 0 aliphatic carbocycles. The lowest BCUT2D eigenvalue weighted by atomic mass is 10.1. The van der Waals surface area contributed by atoms with E-state index >= 15 is 0 Å². The second-order valence-electron chi connectivity index (χ2n) is 6.22. The molecule has 0 aromatic heterocycles. The van der Waals surface area contributed by atoms with E-state index in [4.69, 9.17) is 0 Å². The van der Waals surface area contributed by atoms with E-state index in [9.17, 15) is 23.2 Å². The molecule has 8 nitrogen and oxygen atoms in total. The van der Waals surface area contributed by atoms with Gasteiger partial charge < -0.3 is 5.32 Å². The molecule has 2 aromatic carbocycles. The summed E-state index contributed by atoms with van der Waals surface area (Å²) >= 11 is 0. The minimum absolute atomic E-state index is 0.104. The number of nitrogens with one attached hydrogen (secondary N) is 1. The van der Waals surface area contributed by atoms with Crippen LogP contribution in [-0.4, -0.2) is 41.4 Å². The van der Waals surface area contributed by atoms with Gasteiger partial charge in [0.15, 0.2) is 23.7 Å². The molecule has 3 amide bonds. The normalized spacial score (nSPS) is 20.6.